The van der Waals surface area contributed by atoms with Crippen LogP contribution in [-0.4, -0.2) is 23.9 Å². The molecule has 1 rings (SSSR count). The van der Waals surface area contributed by atoms with Gasteiger partial charge in [0.15, 0.2) is 0 Å². The molecule has 0 atom stereocenters. The molecule has 0 aromatic heterocycles. The van der Waals surface area contributed by atoms with Crippen molar-refractivity contribution >= 4 is 12.2 Å². The summed E-state index contributed by atoms with van der Waals surface area (Å²) in [5.41, 5.74) is 3.96. The van der Waals surface area contributed by atoms with Crippen molar-refractivity contribution in [3.05, 3.63) is 24.3 Å². The topological polar surface area (TPSA) is 96.9 Å². The van der Waals surface area contributed by atoms with Crippen molar-refractivity contribution in [2.45, 2.75) is 6.92 Å². The number of phenolic OH excluding ortho intramolecular Hbond substituents is 1. The van der Waals surface area contributed by atoms with E-state index in [0.717, 1.165) is 0 Å². The number of carbonyl (C=O) groups is 2. The third-order valence-corrected chi connectivity index (χ3v) is 1.59. The highest BCUT2D eigenvalue weighted by Crippen LogP contribution is 2.15. The maximum Gasteiger partial charge on any atom is 0.431 e. The lowest BCUT2D eigenvalue weighted by atomic mass is 10.3. The molecule has 17 heavy (non-hydrogen) atoms. The molecule has 0 unspecified atom stereocenters. The predicted octanol–water partition coefficient (Wildman–Crippen LogP) is 1.14. The summed E-state index contributed by atoms with van der Waals surface area (Å²) in [7, 11) is 0. The molecule has 7 heteroatoms. The van der Waals surface area contributed by atoms with Gasteiger partial charge in [-0.25, -0.2) is 20.4 Å². The molecule has 0 heterocycles. The molecule has 3 N–H and O–H groups in total. The first-order valence-corrected chi connectivity index (χ1v) is 4.81. The van der Waals surface area contributed by atoms with Crippen LogP contribution >= 0.6 is 0 Å². The Bertz CT molecular complexity index is 390. The van der Waals surface area contributed by atoms with Crippen LogP contribution in [0.5, 0.6) is 11.5 Å². The lowest BCUT2D eigenvalue weighted by Crippen LogP contribution is -2.43. The van der Waals surface area contributed by atoms with Crippen LogP contribution in [0.1, 0.15) is 6.92 Å². The molecule has 1 aromatic carbocycles. The van der Waals surface area contributed by atoms with Gasteiger partial charge < -0.3 is 14.6 Å². The van der Waals surface area contributed by atoms with E-state index >= 15 is 0 Å². The minimum atomic E-state index is -0.872. The Morgan fingerprint density at radius 2 is 1.76 bits per heavy atom. The summed E-state index contributed by atoms with van der Waals surface area (Å²) in [4.78, 5) is 21.9. The minimum absolute atomic E-state index is 0.0578. The fourth-order valence-electron chi connectivity index (χ4n) is 0.916. The Morgan fingerprint density at radius 3 is 2.35 bits per heavy atom. The van der Waals surface area contributed by atoms with Gasteiger partial charge in [0.2, 0.25) is 0 Å². The maximum atomic E-state index is 11.1. The monoisotopic (exact) mass is 240 g/mol. The van der Waals surface area contributed by atoms with Crippen molar-refractivity contribution in [2.24, 2.45) is 0 Å². The van der Waals surface area contributed by atoms with Gasteiger partial charge in [-0.2, -0.15) is 0 Å². The molecule has 0 radical (unpaired) electrons. The number of hydrogen-bond donors (Lipinski definition) is 3. The number of benzene rings is 1. The summed E-state index contributed by atoms with van der Waals surface area (Å²) >= 11 is 0. The predicted molar refractivity (Wildman–Crippen MR) is 57.4 cm³/mol. The van der Waals surface area contributed by atoms with Crippen LogP contribution in [0.4, 0.5) is 9.59 Å². The molecular formula is C10H12N2O5. The van der Waals surface area contributed by atoms with Gasteiger partial charge in [0.05, 0.1) is 6.61 Å². The first-order valence-electron chi connectivity index (χ1n) is 4.81. The minimum Gasteiger partial charge on any atom is -0.508 e. The van der Waals surface area contributed by atoms with Crippen molar-refractivity contribution < 1.29 is 24.2 Å². The highest BCUT2D eigenvalue weighted by Gasteiger charge is 2.06. The Balaban J connectivity index is 2.34. The van der Waals surface area contributed by atoms with Crippen molar-refractivity contribution in [2.75, 3.05) is 6.61 Å². The zero-order valence-electron chi connectivity index (χ0n) is 9.10. The van der Waals surface area contributed by atoms with Gasteiger partial charge in [0, 0.05) is 0 Å². The van der Waals surface area contributed by atoms with E-state index in [4.69, 9.17) is 9.84 Å². The molecule has 0 fully saturated rings. The fourth-order valence-corrected chi connectivity index (χ4v) is 0.916. The lowest BCUT2D eigenvalue weighted by molar-refractivity contribution is 0.143. The van der Waals surface area contributed by atoms with E-state index in [1.54, 1.807) is 6.92 Å². The average molecular weight is 240 g/mol. The number of rotatable bonds is 2. The summed E-state index contributed by atoms with van der Waals surface area (Å²) in [5, 5.41) is 9.00. The molecule has 0 saturated heterocycles. The van der Waals surface area contributed by atoms with E-state index < -0.39 is 12.2 Å². The molecule has 1 aromatic rings. The molecule has 92 valence electrons. The van der Waals surface area contributed by atoms with Crippen LogP contribution in [-0.2, 0) is 4.74 Å². The van der Waals surface area contributed by atoms with Crippen molar-refractivity contribution in [3.63, 3.8) is 0 Å². The van der Waals surface area contributed by atoms with E-state index in [1.807, 2.05) is 10.9 Å². The van der Waals surface area contributed by atoms with Crippen molar-refractivity contribution in [3.8, 4) is 11.5 Å². The summed E-state index contributed by atoms with van der Waals surface area (Å²) in [6.07, 6.45) is -1.65. The van der Waals surface area contributed by atoms with Gasteiger partial charge in [-0.1, -0.05) is 0 Å². The number of carbonyl (C=O) groups excluding carboxylic acids is 2. The smallest absolute Gasteiger partial charge is 0.431 e. The van der Waals surface area contributed by atoms with Crippen LogP contribution < -0.4 is 15.6 Å². The quantitative estimate of drug-likeness (QED) is 0.673. The number of aromatic hydroxyl groups is 1. The molecule has 2 amide bonds. The molecule has 0 spiro atoms. The van der Waals surface area contributed by atoms with Gasteiger partial charge in [0.25, 0.3) is 0 Å². The zero-order chi connectivity index (χ0) is 12.7. The maximum absolute atomic E-state index is 11.1. The summed E-state index contributed by atoms with van der Waals surface area (Å²) in [6.45, 7) is 1.83. The SMILES string of the molecule is CCOC(=O)NNC(=O)Oc1ccc(O)cc1. The molecular weight excluding hydrogens is 228 g/mol. The van der Waals surface area contributed by atoms with E-state index in [-0.39, 0.29) is 18.1 Å². The Hall–Kier alpha value is -2.44. The number of phenols is 1. The second-order valence-electron chi connectivity index (χ2n) is 2.85. The number of nitrogens with one attached hydrogen (secondary N) is 2. The second kappa shape index (κ2) is 6.21. The van der Waals surface area contributed by atoms with Crippen LogP contribution in [0.15, 0.2) is 24.3 Å². The van der Waals surface area contributed by atoms with Gasteiger partial charge in [-0.3, -0.25) is 0 Å². The Labute approximate surface area is 97.3 Å². The summed E-state index contributed by atoms with van der Waals surface area (Å²) < 4.78 is 9.27. The lowest BCUT2D eigenvalue weighted by Gasteiger charge is -2.07. The van der Waals surface area contributed by atoms with Crippen LogP contribution in [0.3, 0.4) is 0 Å². The van der Waals surface area contributed by atoms with Gasteiger partial charge >= 0.3 is 12.2 Å². The standard InChI is InChI=1S/C10H12N2O5/c1-2-16-9(14)11-12-10(15)17-8-5-3-7(13)4-6-8/h3-6,13H,2H2,1H3,(H,11,14)(H,12,15). The fraction of sp³-hybridized carbons (Fsp3) is 0.200. The zero-order valence-corrected chi connectivity index (χ0v) is 9.10. The van der Waals surface area contributed by atoms with Gasteiger partial charge in [-0.15, -0.1) is 0 Å². The van der Waals surface area contributed by atoms with Crippen LogP contribution in [0.25, 0.3) is 0 Å². The molecule has 0 aliphatic heterocycles. The normalized spacial score (nSPS) is 9.24. The first kappa shape index (κ1) is 12.6. The molecule has 7 nitrogen and oxygen atoms in total. The van der Waals surface area contributed by atoms with E-state index in [0.29, 0.717) is 0 Å². The third-order valence-electron chi connectivity index (χ3n) is 1.59. The number of hydrogen-bond acceptors (Lipinski definition) is 5. The molecule has 0 saturated carbocycles. The van der Waals surface area contributed by atoms with Crippen LogP contribution in [0.2, 0.25) is 0 Å². The summed E-state index contributed by atoms with van der Waals surface area (Å²) in [6, 6.07) is 5.53. The highest BCUT2D eigenvalue weighted by atomic mass is 16.6. The Morgan fingerprint density at radius 1 is 1.18 bits per heavy atom. The van der Waals surface area contributed by atoms with E-state index in [1.165, 1.54) is 24.3 Å². The van der Waals surface area contributed by atoms with Gasteiger partial charge in [-0.05, 0) is 31.2 Å². The largest absolute Gasteiger partial charge is 0.508 e. The van der Waals surface area contributed by atoms with Crippen LogP contribution in [0, 0.1) is 0 Å². The second-order valence-corrected chi connectivity index (χ2v) is 2.85. The highest BCUT2D eigenvalue weighted by molar-refractivity contribution is 5.75. The van der Waals surface area contributed by atoms with Crippen molar-refractivity contribution in [1.29, 1.82) is 0 Å². The average Bonchev–Trinajstić information content (AvgIpc) is 2.30. The molecule has 0 bridgehead atoms. The first-order chi connectivity index (χ1) is 8.11. The number of hydrazine groups is 1. The molecule has 0 aliphatic rings. The Kier molecular flexibility index (Phi) is 4.61. The van der Waals surface area contributed by atoms with Crippen molar-refractivity contribution in [1.82, 2.24) is 10.9 Å². The third kappa shape index (κ3) is 4.74. The number of ether oxygens (including phenoxy) is 2. The van der Waals surface area contributed by atoms with E-state index in [9.17, 15) is 9.59 Å². The van der Waals surface area contributed by atoms with E-state index in [2.05, 4.69) is 4.74 Å². The van der Waals surface area contributed by atoms with Gasteiger partial charge in [0.1, 0.15) is 11.5 Å². The molecule has 0 aliphatic carbocycles. The summed E-state index contributed by atoms with van der Waals surface area (Å²) in [5.74, 6) is 0.286. The number of amides is 2.